The molecule has 1 rings (SSSR count). The summed E-state index contributed by atoms with van der Waals surface area (Å²) in [4.78, 5) is 23.5. The smallest absolute Gasteiger partial charge is 0.310 e. The molecule has 6 nitrogen and oxygen atoms in total. The number of rotatable bonds is 4. The first kappa shape index (κ1) is 15.6. The number of carboxylic acid groups (broad SMARTS) is 1. The van der Waals surface area contributed by atoms with Gasteiger partial charge in [-0.3, -0.25) is 9.59 Å². The van der Waals surface area contributed by atoms with Gasteiger partial charge in [0.1, 0.15) is 4.88 Å². The van der Waals surface area contributed by atoms with E-state index in [1.807, 2.05) is 20.8 Å². The van der Waals surface area contributed by atoms with Crippen molar-refractivity contribution in [1.82, 2.24) is 14.9 Å². The topological polar surface area (TPSA) is 92.2 Å². The first-order chi connectivity index (χ1) is 8.55. The number of carboxylic acids is 1. The quantitative estimate of drug-likeness (QED) is 0.878. The van der Waals surface area contributed by atoms with E-state index in [9.17, 15) is 9.59 Å². The van der Waals surface area contributed by atoms with Crippen molar-refractivity contribution >= 4 is 23.4 Å². The molecular weight excluding hydrogens is 266 g/mol. The molecule has 7 heteroatoms. The fourth-order valence-electron chi connectivity index (χ4n) is 1.29. The summed E-state index contributed by atoms with van der Waals surface area (Å²) in [7, 11) is 0. The molecule has 1 heterocycles. The van der Waals surface area contributed by atoms with Gasteiger partial charge in [0, 0.05) is 12.0 Å². The van der Waals surface area contributed by atoms with Crippen molar-refractivity contribution in [2.75, 3.05) is 6.54 Å². The standard InChI is InChI=1S/C12H19N3O3S/c1-11(2,3)8-7(19-15-14-8)9(16)13-6-12(4,5)10(17)18/h6H2,1-5H3,(H,13,16)(H,17,18). The number of nitrogens with zero attached hydrogens (tertiary/aromatic N) is 2. The lowest BCUT2D eigenvalue weighted by Gasteiger charge is -2.20. The van der Waals surface area contributed by atoms with Gasteiger partial charge in [-0.05, 0) is 25.4 Å². The zero-order valence-electron chi connectivity index (χ0n) is 11.8. The minimum absolute atomic E-state index is 0.0582. The molecule has 0 saturated carbocycles. The van der Waals surface area contributed by atoms with E-state index in [1.165, 1.54) is 0 Å². The lowest BCUT2D eigenvalue weighted by Crippen LogP contribution is -2.39. The van der Waals surface area contributed by atoms with Crippen LogP contribution in [-0.4, -0.2) is 33.1 Å². The number of carbonyl (C=O) groups excluding carboxylic acids is 1. The maximum atomic E-state index is 12.1. The van der Waals surface area contributed by atoms with Crippen LogP contribution in [0.2, 0.25) is 0 Å². The zero-order valence-corrected chi connectivity index (χ0v) is 12.6. The van der Waals surface area contributed by atoms with Crippen LogP contribution in [0.3, 0.4) is 0 Å². The molecule has 2 N–H and O–H groups in total. The van der Waals surface area contributed by atoms with Gasteiger partial charge >= 0.3 is 5.97 Å². The third kappa shape index (κ3) is 3.73. The summed E-state index contributed by atoms with van der Waals surface area (Å²) in [6.45, 7) is 9.02. The molecule has 0 aliphatic rings. The molecule has 19 heavy (non-hydrogen) atoms. The molecule has 0 atom stereocenters. The van der Waals surface area contributed by atoms with Gasteiger partial charge in [0.15, 0.2) is 0 Å². The van der Waals surface area contributed by atoms with E-state index < -0.39 is 11.4 Å². The van der Waals surface area contributed by atoms with E-state index in [0.717, 1.165) is 11.5 Å². The summed E-state index contributed by atoms with van der Waals surface area (Å²) >= 11 is 1.02. The van der Waals surface area contributed by atoms with Crippen LogP contribution in [0.15, 0.2) is 0 Å². The van der Waals surface area contributed by atoms with Crippen LogP contribution in [0.5, 0.6) is 0 Å². The first-order valence-corrected chi connectivity index (χ1v) is 6.67. The Morgan fingerprint density at radius 2 is 1.84 bits per heavy atom. The molecule has 0 aliphatic carbocycles. The predicted molar refractivity (Wildman–Crippen MR) is 72.4 cm³/mol. The molecule has 0 bridgehead atoms. The van der Waals surface area contributed by atoms with Crippen molar-refractivity contribution in [3.63, 3.8) is 0 Å². The van der Waals surface area contributed by atoms with Gasteiger partial charge in [-0.2, -0.15) is 0 Å². The van der Waals surface area contributed by atoms with Crippen molar-refractivity contribution in [2.24, 2.45) is 5.41 Å². The van der Waals surface area contributed by atoms with E-state index in [-0.39, 0.29) is 17.9 Å². The van der Waals surface area contributed by atoms with Crippen molar-refractivity contribution in [2.45, 2.75) is 40.0 Å². The number of aliphatic carboxylic acids is 1. The van der Waals surface area contributed by atoms with Crippen molar-refractivity contribution in [3.05, 3.63) is 10.6 Å². The molecule has 0 spiro atoms. The highest BCUT2D eigenvalue weighted by Crippen LogP contribution is 2.25. The second-order valence-corrected chi connectivity index (χ2v) is 6.83. The second kappa shape index (κ2) is 5.24. The Labute approximate surface area is 116 Å². The van der Waals surface area contributed by atoms with E-state index in [1.54, 1.807) is 13.8 Å². The number of hydrogen-bond donors (Lipinski definition) is 2. The van der Waals surface area contributed by atoms with E-state index in [4.69, 9.17) is 5.11 Å². The van der Waals surface area contributed by atoms with Crippen LogP contribution in [0, 0.1) is 5.41 Å². The average Bonchev–Trinajstić information content (AvgIpc) is 2.74. The molecule has 1 aromatic rings. The SMILES string of the molecule is CC(C)(CNC(=O)c1snnc1C(C)(C)C)C(=O)O. The molecule has 0 saturated heterocycles. The monoisotopic (exact) mass is 285 g/mol. The van der Waals surface area contributed by atoms with Gasteiger partial charge in [0.05, 0.1) is 11.1 Å². The van der Waals surface area contributed by atoms with Crippen LogP contribution in [-0.2, 0) is 10.2 Å². The fraction of sp³-hybridized carbons (Fsp3) is 0.667. The third-order valence-electron chi connectivity index (χ3n) is 2.67. The Balaban J connectivity index is 2.81. The summed E-state index contributed by atoms with van der Waals surface area (Å²) in [5.74, 6) is -1.28. The molecule has 0 fully saturated rings. The molecule has 0 aromatic carbocycles. The van der Waals surface area contributed by atoms with Gasteiger partial charge < -0.3 is 10.4 Å². The largest absolute Gasteiger partial charge is 0.481 e. The van der Waals surface area contributed by atoms with Gasteiger partial charge in [0.2, 0.25) is 0 Å². The highest BCUT2D eigenvalue weighted by molar-refractivity contribution is 7.08. The van der Waals surface area contributed by atoms with E-state index in [2.05, 4.69) is 14.9 Å². The lowest BCUT2D eigenvalue weighted by atomic mass is 9.91. The predicted octanol–water partition coefficient (Wildman–Crippen LogP) is 1.68. The molecule has 106 valence electrons. The molecule has 1 amide bonds. The normalized spacial score (nSPS) is 12.3. The van der Waals surface area contributed by atoms with Gasteiger partial charge in [0.25, 0.3) is 5.91 Å². The summed E-state index contributed by atoms with van der Waals surface area (Å²) < 4.78 is 3.80. The van der Waals surface area contributed by atoms with Crippen LogP contribution in [0.4, 0.5) is 0 Å². The third-order valence-corrected chi connectivity index (χ3v) is 3.40. The van der Waals surface area contributed by atoms with Crippen LogP contribution >= 0.6 is 11.5 Å². The highest BCUT2D eigenvalue weighted by atomic mass is 32.1. The summed E-state index contributed by atoms with van der Waals surface area (Å²) in [6.07, 6.45) is 0. The first-order valence-electron chi connectivity index (χ1n) is 5.90. The van der Waals surface area contributed by atoms with Gasteiger partial charge in [-0.15, -0.1) is 5.10 Å². The maximum absolute atomic E-state index is 12.1. The van der Waals surface area contributed by atoms with Crippen LogP contribution in [0.1, 0.15) is 50.0 Å². The number of carbonyl (C=O) groups is 2. The van der Waals surface area contributed by atoms with Crippen molar-refractivity contribution < 1.29 is 14.7 Å². The lowest BCUT2D eigenvalue weighted by molar-refractivity contribution is -0.146. The fourth-order valence-corrected chi connectivity index (χ4v) is 2.08. The molecule has 0 unspecified atom stereocenters. The zero-order chi connectivity index (χ0) is 14.8. The van der Waals surface area contributed by atoms with Gasteiger partial charge in [-0.1, -0.05) is 25.3 Å². The maximum Gasteiger partial charge on any atom is 0.310 e. The second-order valence-electron chi connectivity index (χ2n) is 6.07. The molecule has 1 aromatic heterocycles. The summed E-state index contributed by atoms with van der Waals surface area (Å²) in [6, 6.07) is 0. The van der Waals surface area contributed by atoms with E-state index in [0.29, 0.717) is 10.6 Å². The number of aromatic nitrogens is 2. The Morgan fingerprint density at radius 1 is 1.26 bits per heavy atom. The van der Waals surface area contributed by atoms with Crippen molar-refractivity contribution in [1.29, 1.82) is 0 Å². The Kier molecular flexibility index (Phi) is 4.29. The van der Waals surface area contributed by atoms with Gasteiger partial charge in [-0.25, -0.2) is 0 Å². The number of amides is 1. The van der Waals surface area contributed by atoms with Crippen LogP contribution in [0.25, 0.3) is 0 Å². The Hall–Kier alpha value is -1.50. The van der Waals surface area contributed by atoms with Crippen molar-refractivity contribution in [3.8, 4) is 0 Å². The summed E-state index contributed by atoms with van der Waals surface area (Å²) in [5.41, 5.74) is -0.652. The minimum atomic E-state index is -1.00. The number of hydrogen-bond acceptors (Lipinski definition) is 5. The Bertz CT molecular complexity index is 489. The molecule has 0 aliphatic heterocycles. The van der Waals surface area contributed by atoms with E-state index >= 15 is 0 Å². The summed E-state index contributed by atoms with van der Waals surface area (Å²) in [5, 5.41) is 15.6. The number of nitrogens with one attached hydrogen (secondary N) is 1. The van der Waals surface area contributed by atoms with Crippen LogP contribution < -0.4 is 5.32 Å². The molecular formula is C12H19N3O3S. The average molecular weight is 285 g/mol. The minimum Gasteiger partial charge on any atom is -0.481 e. The highest BCUT2D eigenvalue weighted by Gasteiger charge is 2.30. The molecule has 0 radical (unpaired) electrons. The Morgan fingerprint density at radius 3 is 2.32 bits per heavy atom.